The van der Waals surface area contributed by atoms with Gasteiger partial charge in [-0.15, -0.1) is 0 Å². The molecule has 0 saturated carbocycles. The molecule has 3 aromatic rings. The molecule has 1 fully saturated rings. The van der Waals surface area contributed by atoms with Gasteiger partial charge in [0.1, 0.15) is 11.9 Å². The first-order valence-electron chi connectivity index (χ1n) is 13.3. The number of carbonyl (C=O) groups excluding carboxylic acids is 2. The van der Waals surface area contributed by atoms with Crippen molar-refractivity contribution in [2.75, 3.05) is 20.2 Å². The number of pyridine rings is 1. The maximum Gasteiger partial charge on any atom is 0.257 e. The zero-order valence-electron chi connectivity index (χ0n) is 23.0. The van der Waals surface area contributed by atoms with Gasteiger partial charge in [-0.3, -0.25) is 19.5 Å². The summed E-state index contributed by atoms with van der Waals surface area (Å²) in [7, 11) is 1.41. The maximum absolute atomic E-state index is 16.3. The largest absolute Gasteiger partial charge is 0.385 e. The number of rotatable bonds is 6. The van der Waals surface area contributed by atoms with E-state index < -0.39 is 23.1 Å². The number of hydrogen-bond donors (Lipinski definition) is 1. The predicted molar refractivity (Wildman–Crippen MR) is 149 cm³/mol. The quantitative estimate of drug-likeness (QED) is 0.455. The molecule has 2 amide bonds. The molecule has 5 rings (SSSR count). The van der Waals surface area contributed by atoms with Crippen molar-refractivity contribution in [1.29, 1.82) is 5.26 Å². The van der Waals surface area contributed by atoms with Crippen LogP contribution in [-0.4, -0.2) is 51.9 Å². The van der Waals surface area contributed by atoms with Gasteiger partial charge in [0.05, 0.1) is 34.5 Å². The Morgan fingerprint density at radius 3 is 2.49 bits per heavy atom. The van der Waals surface area contributed by atoms with Crippen LogP contribution in [0.3, 0.4) is 0 Å². The average Bonchev–Trinajstić information content (AvgIpc) is 3.22. The predicted octanol–water partition coefficient (Wildman–Crippen LogP) is 4.72. The highest BCUT2D eigenvalue weighted by Gasteiger charge is 2.54. The van der Waals surface area contributed by atoms with E-state index in [9.17, 15) is 14.7 Å². The summed E-state index contributed by atoms with van der Waals surface area (Å²) in [4.78, 5) is 33.4. The van der Waals surface area contributed by atoms with E-state index in [1.807, 2.05) is 6.07 Å². The molecule has 2 aliphatic rings. The summed E-state index contributed by atoms with van der Waals surface area (Å²) in [6, 6.07) is 14.7. The Morgan fingerprint density at radius 1 is 1.24 bits per heavy atom. The number of methoxy groups -OCH3 is 1. The van der Waals surface area contributed by atoms with Crippen molar-refractivity contribution in [3.05, 3.63) is 99.1 Å². The minimum Gasteiger partial charge on any atom is -0.385 e. The Morgan fingerprint density at radius 2 is 1.93 bits per heavy atom. The van der Waals surface area contributed by atoms with Gasteiger partial charge in [-0.2, -0.15) is 5.26 Å². The van der Waals surface area contributed by atoms with Gasteiger partial charge in [0.2, 0.25) is 5.91 Å². The van der Waals surface area contributed by atoms with Gasteiger partial charge in [-0.1, -0.05) is 23.7 Å². The molecular weight excluding hydrogens is 547 g/mol. The number of fused-ring (bicyclic) bond motifs is 1. The third-order valence-corrected chi connectivity index (χ3v) is 8.66. The lowest BCUT2D eigenvalue weighted by atomic mass is 9.76. The van der Waals surface area contributed by atoms with Gasteiger partial charge in [0, 0.05) is 43.9 Å². The minimum absolute atomic E-state index is 0.0211. The minimum atomic E-state index is -1.64. The Balaban J connectivity index is 1.61. The number of hydrogen-bond acceptors (Lipinski definition) is 6. The van der Waals surface area contributed by atoms with Crippen LogP contribution in [0.15, 0.2) is 54.7 Å². The van der Waals surface area contributed by atoms with Gasteiger partial charge in [0.25, 0.3) is 5.91 Å². The first-order chi connectivity index (χ1) is 19.5. The van der Waals surface area contributed by atoms with Gasteiger partial charge in [-0.25, -0.2) is 4.39 Å². The van der Waals surface area contributed by atoms with E-state index in [-0.39, 0.29) is 35.1 Å². The molecule has 1 aromatic heterocycles. The molecule has 0 radical (unpaired) electrons. The molecule has 0 aliphatic carbocycles. The number of amides is 2. The molecule has 212 valence electrons. The van der Waals surface area contributed by atoms with Crippen LogP contribution in [0.4, 0.5) is 4.39 Å². The topological polar surface area (TPSA) is 107 Å². The molecule has 0 bridgehead atoms. The number of nitrogens with zero attached hydrogens (tertiary/aromatic N) is 4. The molecule has 0 spiro atoms. The summed E-state index contributed by atoms with van der Waals surface area (Å²) < 4.78 is 22.4. The third-order valence-electron chi connectivity index (χ3n) is 8.41. The fraction of sp³-hybridized carbons (Fsp3) is 0.355. The molecule has 10 heteroatoms. The van der Waals surface area contributed by atoms with E-state index in [0.29, 0.717) is 47.8 Å². The van der Waals surface area contributed by atoms with Crippen molar-refractivity contribution >= 4 is 23.4 Å². The molecule has 1 N–H and O–H groups in total. The van der Waals surface area contributed by atoms with Gasteiger partial charge >= 0.3 is 0 Å². The molecule has 2 atom stereocenters. The first-order valence-corrected chi connectivity index (χ1v) is 13.7. The summed E-state index contributed by atoms with van der Waals surface area (Å²) in [5.41, 5.74) is -1.37. The highest BCUT2D eigenvalue weighted by molar-refractivity contribution is 6.30. The van der Waals surface area contributed by atoms with E-state index in [4.69, 9.17) is 21.6 Å². The number of halogens is 2. The second-order valence-electron chi connectivity index (χ2n) is 10.7. The van der Waals surface area contributed by atoms with E-state index >= 15 is 4.39 Å². The van der Waals surface area contributed by atoms with Crippen molar-refractivity contribution in [2.45, 2.75) is 44.6 Å². The Hall–Kier alpha value is -3.84. The van der Waals surface area contributed by atoms with Gasteiger partial charge in [-0.05, 0) is 67.6 Å². The summed E-state index contributed by atoms with van der Waals surface area (Å²) >= 11 is 6.15. The number of piperidine rings is 1. The fourth-order valence-corrected chi connectivity index (χ4v) is 6.19. The number of benzene rings is 2. The van der Waals surface area contributed by atoms with Gasteiger partial charge in [0.15, 0.2) is 5.72 Å². The van der Waals surface area contributed by atoms with Crippen LogP contribution in [-0.2, 0) is 27.4 Å². The van der Waals surface area contributed by atoms with E-state index in [2.05, 4.69) is 4.98 Å². The number of likely N-dealkylation sites (tertiary alicyclic amines) is 1. The molecule has 1 unspecified atom stereocenters. The summed E-state index contributed by atoms with van der Waals surface area (Å²) in [5.74, 6) is -1.45. The Bertz CT molecular complexity index is 1530. The van der Waals surface area contributed by atoms with Gasteiger partial charge < -0.3 is 14.7 Å². The smallest absolute Gasteiger partial charge is 0.257 e. The van der Waals surface area contributed by atoms with Crippen molar-refractivity contribution < 1.29 is 23.8 Å². The molecule has 41 heavy (non-hydrogen) atoms. The molecule has 1 saturated heterocycles. The average molecular weight is 577 g/mol. The van der Waals surface area contributed by atoms with Crippen LogP contribution in [0.1, 0.15) is 65.0 Å². The van der Waals surface area contributed by atoms with Crippen LogP contribution in [0.2, 0.25) is 5.02 Å². The second kappa shape index (κ2) is 10.9. The van der Waals surface area contributed by atoms with Crippen molar-refractivity contribution in [1.82, 2.24) is 14.8 Å². The molecule has 8 nitrogen and oxygen atoms in total. The van der Waals surface area contributed by atoms with Crippen molar-refractivity contribution in [2.24, 2.45) is 5.92 Å². The molecule has 2 aromatic carbocycles. The van der Waals surface area contributed by atoms with Crippen molar-refractivity contribution in [3.63, 3.8) is 0 Å². The second-order valence-corrected chi connectivity index (χ2v) is 11.1. The lowest BCUT2D eigenvalue weighted by Gasteiger charge is -2.40. The number of aliphatic hydroxyl groups is 1. The lowest BCUT2D eigenvalue weighted by molar-refractivity contribution is -0.132. The monoisotopic (exact) mass is 576 g/mol. The maximum atomic E-state index is 16.3. The summed E-state index contributed by atoms with van der Waals surface area (Å²) in [6.07, 6.45) is 2.50. The number of nitriles is 1. The van der Waals surface area contributed by atoms with Crippen LogP contribution in [0.25, 0.3) is 0 Å². The van der Waals surface area contributed by atoms with Crippen LogP contribution < -0.4 is 0 Å². The molecular formula is C31H30ClFN4O4. The fourth-order valence-electron chi connectivity index (χ4n) is 6.06. The number of ether oxygens (including phenoxy) is 1. The standard InChI is InChI=1S/C31H30ClFN4O4/c1-19(38)36-12-10-21(11-13-36)30(2,40)23-14-26-28(27(33)15-23)31(41-3,22-5-7-24(32)8-6-22)37(29(26)39)18-25-9-4-20(16-34)17-35-25/h4-9,14-15,17,21,40H,10-13,18H2,1-3H3/t30?,31-/m1/s1. The SMILES string of the molecule is CO[C@]1(c2ccc(Cl)cc2)c2c(F)cc(C(C)(O)C3CCN(C(C)=O)CC3)cc2C(=O)N1Cc1ccc(C#N)cn1. The zero-order valence-corrected chi connectivity index (χ0v) is 23.8. The zero-order chi connectivity index (χ0) is 29.5. The van der Waals surface area contributed by atoms with E-state index in [0.717, 1.165) is 0 Å². The summed E-state index contributed by atoms with van der Waals surface area (Å²) in [6.45, 7) is 4.10. The van der Waals surface area contributed by atoms with E-state index in [1.165, 1.54) is 31.2 Å². The third kappa shape index (κ3) is 4.86. The number of aromatic nitrogens is 1. The lowest BCUT2D eigenvalue weighted by Crippen LogP contribution is -2.46. The highest BCUT2D eigenvalue weighted by Crippen LogP contribution is 2.49. The van der Waals surface area contributed by atoms with Crippen molar-refractivity contribution in [3.8, 4) is 6.07 Å². The summed E-state index contributed by atoms with van der Waals surface area (Å²) in [5, 5.41) is 21.3. The number of carbonyl (C=O) groups is 2. The molecule has 3 heterocycles. The Labute approximate surface area is 242 Å². The van der Waals surface area contributed by atoms with Crippen LogP contribution >= 0.6 is 11.6 Å². The highest BCUT2D eigenvalue weighted by atomic mass is 35.5. The van der Waals surface area contributed by atoms with Crippen LogP contribution in [0, 0.1) is 23.1 Å². The molecule has 2 aliphatic heterocycles. The van der Waals surface area contributed by atoms with Crippen LogP contribution in [0.5, 0.6) is 0 Å². The normalized spacial score (nSPS) is 20.5. The first kappa shape index (κ1) is 28.7. The Kier molecular flexibility index (Phi) is 7.60. The van der Waals surface area contributed by atoms with E-state index in [1.54, 1.807) is 54.3 Å².